The average molecular weight is 282 g/mol. The van der Waals surface area contributed by atoms with E-state index in [0.29, 0.717) is 5.56 Å². The number of hydrogen-bond acceptors (Lipinski definition) is 5. The van der Waals surface area contributed by atoms with Crippen molar-refractivity contribution in [2.45, 2.75) is 12.8 Å². The van der Waals surface area contributed by atoms with Gasteiger partial charge in [-0.2, -0.15) is 0 Å². The second kappa shape index (κ2) is 5.41. The van der Waals surface area contributed by atoms with Crippen molar-refractivity contribution in [2.24, 2.45) is 0 Å². The van der Waals surface area contributed by atoms with E-state index in [1.54, 1.807) is 6.07 Å². The van der Waals surface area contributed by atoms with Gasteiger partial charge in [-0.3, -0.25) is 20.4 Å². The van der Waals surface area contributed by atoms with Gasteiger partial charge in [-0.1, -0.05) is 6.07 Å². The molecule has 20 heavy (non-hydrogen) atoms. The van der Waals surface area contributed by atoms with E-state index in [4.69, 9.17) is 10.1 Å². The molecule has 0 aliphatic carbocycles. The molecule has 0 radical (unpaired) electrons. The van der Waals surface area contributed by atoms with Crippen molar-refractivity contribution in [2.75, 3.05) is 20.7 Å². The molecular weight excluding hydrogens is 267 g/mol. The molecule has 1 heterocycles. The van der Waals surface area contributed by atoms with Crippen molar-refractivity contribution >= 4 is 5.84 Å². The first-order valence-corrected chi connectivity index (χ1v) is 5.94. The highest BCUT2D eigenvalue weighted by atomic mass is 19.1. The molecule has 1 atom stereocenters. The quantitative estimate of drug-likeness (QED) is 0.661. The second-order valence-corrected chi connectivity index (χ2v) is 4.56. The number of hydrogen-bond donors (Lipinski definition) is 1. The number of methoxy groups -OCH3 is 1. The molecule has 1 aliphatic heterocycles. The van der Waals surface area contributed by atoms with Crippen molar-refractivity contribution in [3.63, 3.8) is 0 Å². The van der Waals surface area contributed by atoms with Crippen LogP contribution in [0.2, 0.25) is 0 Å². The molecule has 1 saturated heterocycles. The van der Waals surface area contributed by atoms with Gasteiger partial charge in [0.15, 0.2) is 11.6 Å². The summed E-state index contributed by atoms with van der Waals surface area (Å²) in [5.74, 6) is -0.211. The molecule has 1 aromatic carbocycles. The van der Waals surface area contributed by atoms with Gasteiger partial charge in [0.05, 0.1) is 18.6 Å². The van der Waals surface area contributed by atoms with Crippen LogP contribution in [0.3, 0.4) is 0 Å². The molecule has 1 aromatic rings. The van der Waals surface area contributed by atoms with Gasteiger partial charge in [0.2, 0.25) is 0 Å². The van der Waals surface area contributed by atoms with Gasteiger partial charge in [-0.05, 0) is 17.7 Å². The van der Waals surface area contributed by atoms with E-state index in [1.165, 1.54) is 36.1 Å². The summed E-state index contributed by atoms with van der Waals surface area (Å²) in [6.07, 6.45) is -1.09. The Morgan fingerprint density at radius 1 is 1.60 bits per heavy atom. The number of benzene rings is 1. The minimum absolute atomic E-state index is 0.130. The molecule has 1 aliphatic rings. The number of amidine groups is 1. The molecule has 1 N–H and O–H groups in total. The van der Waals surface area contributed by atoms with Crippen LogP contribution in [0.15, 0.2) is 18.2 Å². The van der Waals surface area contributed by atoms with Gasteiger partial charge in [0.1, 0.15) is 5.84 Å². The molecular formula is C12H15FN4O3. The van der Waals surface area contributed by atoms with Crippen molar-refractivity contribution in [1.82, 2.24) is 9.80 Å². The van der Waals surface area contributed by atoms with Gasteiger partial charge in [-0.25, -0.2) is 9.29 Å². The summed E-state index contributed by atoms with van der Waals surface area (Å²) in [4.78, 5) is 13.4. The number of nitrogens with one attached hydrogen (secondary N) is 1. The van der Waals surface area contributed by atoms with Gasteiger partial charge in [0.25, 0.3) is 0 Å². The van der Waals surface area contributed by atoms with Crippen molar-refractivity contribution in [3.8, 4) is 5.75 Å². The predicted molar refractivity (Wildman–Crippen MR) is 69.6 cm³/mol. The van der Waals surface area contributed by atoms with Gasteiger partial charge >= 0.3 is 6.29 Å². The van der Waals surface area contributed by atoms with E-state index in [-0.39, 0.29) is 24.7 Å². The summed E-state index contributed by atoms with van der Waals surface area (Å²) in [5.41, 5.74) is 0.596. The first-order valence-electron chi connectivity index (χ1n) is 5.94. The fourth-order valence-corrected chi connectivity index (χ4v) is 2.22. The number of halogens is 1. The third-order valence-corrected chi connectivity index (χ3v) is 3.24. The van der Waals surface area contributed by atoms with Crippen molar-refractivity contribution in [3.05, 3.63) is 39.7 Å². The highest BCUT2D eigenvalue weighted by Crippen LogP contribution is 2.22. The Balaban J connectivity index is 2.18. The lowest BCUT2D eigenvalue weighted by molar-refractivity contribution is -0.568. The Bertz CT molecular complexity index is 552. The minimum Gasteiger partial charge on any atom is -0.494 e. The third-order valence-electron chi connectivity index (χ3n) is 3.24. The lowest BCUT2D eigenvalue weighted by Gasteiger charge is -2.20. The molecule has 1 fully saturated rings. The summed E-state index contributed by atoms with van der Waals surface area (Å²) >= 11 is 0. The second-order valence-electron chi connectivity index (χ2n) is 4.56. The first kappa shape index (κ1) is 14.2. The fourth-order valence-electron chi connectivity index (χ4n) is 2.22. The smallest absolute Gasteiger partial charge is 0.349 e. The summed E-state index contributed by atoms with van der Waals surface area (Å²) in [7, 11) is 2.88. The van der Waals surface area contributed by atoms with Crippen LogP contribution in [-0.4, -0.2) is 47.6 Å². The summed E-state index contributed by atoms with van der Waals surface area (Å²) in [6.45, 7) is 0.356. The number of rotatable bonds is 4. The molecule has 0 aromatic heterocycles. The third kappa shape index (κ3) is 2.55. The van der Waals surface area contributed by atoms with E-state index in [9.17, 15) is 14.5 Å². The van der Waals surface area contributed by atoms with Crippen LogP contribution in [0.4, 0.5) is 4.39 Å². The van der Waals surface area contributed by atoms with Crippen LogP contribution in [-0.2, 0) is 6.54 Å². The van der Waals surface area contributed by atoms with Crippen LogP contribution < -0.4 is 4.74 Å². The minimum atomic E-state index is -1.09. The lowest BCUT2D eigenvalue weighted by atomic mass is 10.2. The van der Waals surface area contributed by atoms with Gasteiger partial charge < -0.3 is 4.74 Å². The van der Waals surface area contributed by atoms with Crippen molar-refractivity contribution < 1.29 is 14.1 Å². The maximum absolute atomic E-state index is 13.6. The van der Waals surface area contributed by atoms with E-state index in [1.807, 2.05) is 0 Å². The zero-order chi connectivity index (χ0) is 14.9. The Kier molecular flexibility index (Phi) is 3.84. The Morgan fingerprint density at radius 3 is 2.85 bits per heavy atom. The topological polar surface area (TPSA) is 82.7 Å². The maximum Gasteiger partial charge on any atom is 0.349 e. The molecule has 8 heteroatoms. The molecule has 1 unspecified atom stereocenters. The summed E-state index contributed by atoms with van der Waals surface area (Å²) in [6, 6.07) is 4.43. The highest BCUT2D eigenvalue weighted by molar-refractivity contribution is 5.82. The van der Waals surface area contributed by atoms with E-state index in [0.717, 1.165) is 0 Å². The van der Waals surface area contributed by atoms with Gasteiger partial charge in [-0.15, -0.1) is 0 Å². The fraction of sp³-hybridized carbons (Fsp3) is 0.417. The SMILES string of the molecule is COc1ccc(CN2CC(=N)N(C)C2[N+](=O)[O-])cc1F. The van der Waals surface area contributed by atoms with E-state index < -0.39 is 17.0 Å². The number of nitro groups is 1. The molecule has 0 bridgehead atoms. The standard InChI is InChI=1S/C12H15FN4O3/c1-15-11(14)7-16(12(15)17(18)19)6-8-3-4-10(20-2)9(13)5-8/h3-5,12,14H,6-7H2,1-2H3. The zero-order valence-corrected chi connectivity index (χ0v) is 11.2. The molecule has 7 nitrogen and oxygen atoms in total. The van der Waals surface area contributed by atoms with Crippen LogP contribution >= 0.6 is 0 Å². The Morgan fingerprint density at radius 2 is 2.30 bits per heavy atom. The average Bonchev–Trinajstić information content (AvgIpc) is 2.65. The molecule has 0 spiro atoms. The van der Waals surface area contributed by atoms with Crippen LogP contribution in [0.25, 0.3) is 0 Å². The zero-order valence-electron chi connectivity index (χ0n) is 11.2. The lowest BCUT2D eigenvalue weighted by Crippen LogP contribution is -2.43. The molecule has 2 rings (SSSR count). The van der Waals surface area contributed by atoms with E-state index in [2.05, 4.69) is 0 Å². The Labute approximate surface area is 115 Å². The first-order chi connectivity index (χ1) is 9.43. The largest absolute Gasteiger partial charge is 0.494 e. The number of ether oxygens (including phenoxy) is 1. The van der Waals surface area contributed by atoms with Crippen molar-refractivity contribution in [1.29, 1.82) is 5.41 Å². The van der Waals surface area contributed by atoms with E-state index >= 15 is 0 Å². The number of likely N-dealkylation sites (N-methyl/N-ethyl adjacent to an activating group) is 1. The predicted octanol–water partition coefficient (Wildman–Crippen LogP) is 1.12. The summed E-state index contributed by atoms with van der Waals surface area (Å²) < 4.78 is 18.4. The maximum atomic E-state index is 13.6. The van der Waals surface area contributed by atoms with Crippen LogP contribution in [0.5, 0.6) is 5.75 Å². The molecule has 0 saturated carbocycles. The number of nitrogens with zero attached hydrogens (tertiary/aromatic N) is 3. The van der Waals surface area contributed by atoms with Crippen LogP contribution in [0, 0.1) is 21.3 Å². The van der Waals surface area contributed by atoms with Gasteiger partial charge in [0, 0.05) is 13.6 Å². The molecule has 108 valence electrons. The molecule has 0 amide bonds. The van der Waals surface area contributed by atoms with Crippen LogP contribution in [0.1, 0.15) is 5.56 Å². The highest BCUT2D eigenvalue weighted by Gasteiger charge is 2.41. The Hall–Kier alpha value is -2.22. The normalized spacial score (nSPS) is 19.4. The monoisotopic (exact) mass is 282 g/mol. The summed E-state index contributed by atoms with van der Waals surface area (Å²) in [5, 5.41) is 18.7.